The Balaban J connectivity index is 2.06. The van der Waals surface area contributed by atoms with Crippen LogP contribution in [0.3, 0.4) is 0 Å². The highest BCUT2D eigenvalue weighted by atomic mass is 16.2. The molecular weight excluding hydrogens is 212 g/mol. The van der Waals surface area contributed by atoms with Crippen molar-refractivity contribution in [3.8, 4) is 0 Å². The third-order valence-electron chi connectivity index (χ3n) is 4.42. The third-order valence-corrected chi connectivity index (χ3v) is 4.42. The zero-order valence-electron chi connectivity index (χ0n) is 10.8. The van der Waals surface area contributed by atoms with Crippen LogP contribution in [0.5, 0.6) is 0 Å². The smallest absolute Gasteiger partial charge is 0.230 e. The molecule has 3 nitrogen and oxygen atoms in total. The second-order valence-corrected chi connectivity index (χ2v) is 5.68. The van der Waals surface area contributed by atoms with Crippen molar-refractivity contribution in [1.29, 1.82) is 0 Å². The van der Waals surface area contributed by atoms with Crippen molar-refractivity contribution in [2.45, 2.75) is 39.0 Å². The van der Waals surface area contributed by atoms with Crippen LogP contribution >= 0.6 is 0 Å². The predicted octanol–water partition coefficient (Wildman–Crippen LogP) is 1.93. The molecule has 0 radical (unpaired) electrons. The monoisotopic (exact) mass is 236 g/mol. The summed E-state index contributed by atoms with van der Waals surface area (Å²) in [6, 6.07) is 0. The number of hydrogen-bond acceptors (Lipinski definition) is 2. The van der Waals surface area contributed by atoms with E-state index in [-0.39, 0.29) is 5.41 Å². The van der Waals surface area contributed by atoms with Gasteiger partial charge in [-0.3, -0.25) is 4.79 Å². The normalized spacial score (nSPS) is 33.8. The van der Waals surface area contributed by atoms with E-state index in [1.807, 2.05) is 4.90 Å². The van der Waals surface area contributed by atoms with Crippen LogP contribution in [0.2, 0.25) is 0 Å². The summed E-state index contributed by atoms with van der Waals surface area (Å²) in [7, 11) is 0. The van der Waals surface area contributed by atoms with Gasteiger partial charge >= 0.3 is 0 Å². The summed E-state index contributed by atoms with van der Waals surface area (Å²) in [6.07, 6.45) is 9.48. The second-order valence-electron chi connectivity index (χ2n) is 5.68. The molecule has 2 N–H and O–H groups in total. The molecule has 1 aliphatic heterocycles. The largest absolute Gasteiger partial charge is 0.338 e. The summed E-state index contributed by atoms with van der Waals surface area (Å²) in [5.41, 5.74) is 5.67. The molecule has 96 valence electrons. The zero-order valence-corrected chi connectivity index (χ0v) is 10.8. The molecule has 2 aliphatic rings. The predicted molar refractivity (Wildman–Crippen MR) is 69.5 cm³/mol. The summed E-state index contributed by atoms with van der Waals surface area (Å²) < 4.78 is 0. The highest BCUT2D eigenvalue weighted by Gasteiger charge is 2.42. The average Bonchev–Trinajstić information content (AvgIpc) is 2.40. The molecule has 1 aliphatic carbocycles. The van der Waals surface area contributed by atoms with Gasteiger partial charge in [0.25, 0.3) is 0 Å². The van der Waals surface area contributed by atoms with Gasteiger partial charge in [0.1, 0.15) is 0 Å². The maximum Gasteiger partial charge on any atom is 0.230 e. The lowest BCUT2D eigenvalue weighted by molar-refractivity contribution is -0.143. The molecule has 2 rings (SSSR count). The molecule has 17 heavy (non-hydrogen) atoms. The lowest BCUT2D eigenvalue weighted by Gasteiger charge is -2.41. The van der Waals surface area contributed by atoms with E-state index in [0.717, 1.165) is 51.1 Å². The van der Waals surface area contributed by atoms with Crippen LogP contribution < -0.4 is 5.73 Å². The van der Waals surface area contributed by atoms with Crippen LogP contribution in [0.15, 0.2) is 12.2 Å². The number of amides is 1. The van der Waals surface area contributed by atoms with Gasteiger partial charge in [0.15, 0.2) is 0 Å². The van der Waals surface area contributed by atoms with Crippen molar-refractivity contribution in [3.63, 3.8) is 0 Å². The van der Waals surface area contributed by atoms with Crippen molar-refractivity contribution in [1.82, 2.24) is 4.90 Å². The second kappa shape index (κ2) is 5.21. The van der Waals surface area contributed by atoms with Crippen molar-refractivity contribution in [3.05, 3.63) is 12.2 Å². The Morgan fingerprint density at radius 3 is 2.65 bits per heavy atom. The molecule has 1 amide bonds. The Labute approximate surface area is 104 Å². The van der Waals surface area contributed by atoms with Gasteiger partial charge in [-0.1, -0.05) is 19.1 Å². The third kappa shape index (κ3) is 2.54. The lowest BCUT2D eigenvalue weighted by Crippen LogP contribution is -2.50. The number of nitrogens with two attached hydrogens (primary N) is 1. The summed E-state index contributed by atoms with van der Waals surface area (Å²) in [5, 5.41) is 0. The van der Waals surface area contributed by atoms with Crippen LogP contribution in [0.1, 0.15) is 39.0 Å². The Morgan fingerprint density at radius 1 is 1.41 bits per heavy atom. The lowest BCUT2D eigenvalue weighted by atomic mass is 9.70. The summed E-state index contributed by atoms with van der Waals surface area (Å²) in [4.78, 5) is 14.6. The summed E-state index contributed by atoms with van der Waals surface area (Å²) >= 11 is 0. The van der Waals surface area contributed by atoms with E-state index in [1.54, 1.807) is 0 Å². The van der Waals surface area contributed by atoms with E-state index in [9.17, 15) is 4.79 Å². The zero-order chi connectivity index (χ0) is 12.3. The quantitative estimate of drug-likeness (QED) is 0.745. The Kier molecular flexibility index (Phi) is 3.87. The molecule has 0 bridgehead atoms. The fourth-order valence-corrected chi connectivity index (χ4v) is 2.98. The SMILES string of the molecule is CC1CCC(CN)(C(=O)N2CC=CCC2)CC1. The van der Waals surface area contributed by atoms with Gasteiger partial charge in [-0.05, 0) is 38.0 Å². The number of nitrogens with zero attached hydrogens (tertiary/aromatic N) is 1. The highest BCUT2D eigenvalue weighted by Crippen LogP contribution is 2.39. The Morgan fingerprint density at radius 2 is 2.12 bits per heavy atom. The number of carbonyl (C=O) groups is 1. The number of carbonyl (C=O) groups excluding carboxylic acids is 1. The van der Waals surface area contributed by atoms with Crippen molar-refractivity contribution in [2.24, 2.45) is 17.1 Å². The fourth-order valence-electron chi connectivity index (χ4n) is 2.98. The van der Waals surface area contributed by atoms with Gasteiger partial charge in [0, 0.05) is 19.6 Å². The van der Waals surface area contributed by atoms with Gasteiger partial charge in [-0.25, -0.2) is 0 Å². The molecular formula is C14H24N2O. The first-order valence-electron chi connectivity index (χ1n) is 6.82. The number of rotatable bonds is 2. The minimum absolute atomic E-state index is 0.252. The van der Waals surface area contributed by atoms with Crippen LogP contribution in [-0.4, -0.2) is 30.4 Å². The molecule has 1 saturated carbocycles. The summed E-state index contributed by atoms with van der Waals surface area (Å²) in [5.74, 6) is 1.06. The van der Waals surface area contributed by atoms with E-state index in [1.165, 1.54) is 0 Å². The van der Waals surface area contributed by atoms with Crippen LogP contribution in [-0.2, 0) is 4.79 Å². The van der Waals surface area contributed by atoms with Crippen molar-refractivity contribution < 1.29 is 4.79 Å². The standard InChI is InChI=1S/C14H24N2O/c1-12-5-7-14(11-15,8-6-12)13(17)16-9-3-2-4-10-16/h2-3,12H,4-11,15H2,1H3. The van der Waals surface area contributed by atoms with Crippen molar-refractivity contribution >= 4 is 5.91 Å². The molecule has 0 aromatic heterocycles. The van der Waals surface area contributed by atoms with Gasteiger partial charge in [-0.15, -0.1) is 0 Å². The topological polar surface area (TPSA) is 46.3 Å². The first kappa shape index (κ1) is 12.6. The van der Waals surface area contributed by atoms with E-state index >= 15 is 0 Å². The minimum Gasteiger partial charge on any atom is -0.338 e. The fraction of sp³-hybridized carbons (Fsp3) is 0.786. The molecule has 0 aromatic carbocycles. The van der Waals surface area contributed by atoms with Gasteiger partial charge in [-0.2, -0.15) is 0 Å². The van der Waals surface area contributed by atoms with Gasteiger partial charge < -0.3 is 10.6 Å². The van der Waals surface area contributed by atoms with E-state index in [2.05, 4.69) is 19.1 Å². The van der Waals surface area contributed by atoms with Gasteiger partial charge in [0.2, 0.25) is 5.91 Å². The number of hydrogen-bond donors (Lipinski definition) is 1. The first-order chi connectivity index (χ1) is 8.18. The minimum atomic E-state index is -0.252. The molecule has 0 unspecified atom stereocenters. The van der Waals surface area contributed by atoms with E-state index in [0.29, 0.717) is 12.5 Å². The Bertz CT molecular complexity index is 303. The molecule has 3 heteroatoms. The average molecular weight is 236 g/mol. The molecule has 1 fully saturated rings. The molecule has 0 atom stereocenters. The van der Waals surface area contributed by atoms with Gasteiger partial charge in [0.05, 0.1) is 5.41 Å². The van der Waals surface area contributed by atoms with E-state index in [4.69, 9.17) is 5.73 Å². The van der Waals surface area contributed by atoms with Crippen LogP contribution in [0.4, 0.5) is 0 Å². The Hall–Kier alpha value is -0.830. The summed E-state index contributed by atoms with van der Waals surface area (Å²) in [6.45, 7) is 4.43. The van der Waals surface area contributed by atoms with Crippen LogP contribution in [0.25, 0.3) is 0 Å². The molecule has 0 saturated heterocycles. The molecule has 0 spiro atoms. The van der Waals surface area contributed by atoms with Crippen molar-refractivity contribution in [2.75, 3.05) is 19.6 Å². The van der Waals surface area contributed by atoms with Crippen LogP contribution in [0, 0.1) is 11.3 Å². The maximum absolute atomic E-state index is 12.6. The maximum atomic E-state index is 12.6. The molecule has 0 aromatic rings. The van der Waals surface area contributed by atoms with E-state index < -0.39 is 0 Å². The highest BCUT2D eigenvalue weighted by molar-refractivity contribution is 5.83. The first-order valence-corrected chi connectivity index (χ1v) is 6.82. The molecule has 1 heterocycles.